The molecule has 1 aliphatic rings. The van der Waals surface area contributed by atoms with Gasteiger partial charge < -0.3 is 15.2 Å². The van der Waals surface area contributed by atoms with Crippen LogP contribution in [0.1, 0.15) is 28.4 Å². The number of benzene rings is 2. The molecule has 2 heterocycles. The number of hydrogen-bond donors (Lipinski definition) is 1. The second-order valence-corrected chi connectivity index (χ2v) is 7.95. The Morgan fingerprint density at radius 2 is 1.76 bits per heavy atom. The highest BCUT2D eigenvalue weighted by Crippen LogP contribution is 2.32. The molecule has 0 bridgehead atoms. The Kier molecular flexibility index (Phi) is 6.32. The van der Waals surface area contributed by atoms with Crippen molar-refractivity contribution >= 4 is 11.6 Å². The first-order valence-electron chi connectivity index (χ1n) is 10.7. The molecule has 4 rings (SSSR count). The van der Waals surface area contributed by atoms with Crippen LogP contribution in [0.15, 0.2) is 58.1 Å². The van der Waals surface area contributed by atoms with Gasteiger partial charge in [-0.05, 0) is 37.2 Å². The van der Waals surface area contributed by atoms with Crippen molar-refractivity contribution in [3.8, 4) is 11.5 Å². The number of nitrogens with zero attached hydrogens (tertiary/aromatic N) is 3. The molecule has 0 radical (unpaired) electrons. The molecule has 0 saturated carbocycles. The molecule has 0 unspecified atom stereocenters. The van der Waals surface area contributed by atoms with E-state index < -0.39 is 17.0 Å². The minimum atomic E-state index is -0.661. The zero-order valence-corrected chi connectivity index (χ0v) is 18.6. The van der Waals surface area contributed by atoms with Crippen molar-refractivity contribution in [1.82, 2.24) is 14.0 Å². The first-order chi connectivity index (χ1) is 15.9. The Morgan fingerprint density at radius 3 is 2.48 bits per heavy atom. The van der Waals surface area contributed by atoms with Gasteiger partial charge in [-0.15, -0.1) is 0 Å². The molecule has 1 aromatic heterocycles. The molecule has 0 fully saturated rings. The molecule has 33 heavy (non-hydrogen) atoms. The van der Waals surface area contributed by atoms with Crippen molar-refractivity contribution in [3.05, 3.63) is 86.1 Å². The fourth-order valence-corrected chi connectivity index (χ4v) is 3.91. The standard InChI is InChI=1S/C24H26N4O5/c1-3-27-23(30)21(22(25)28(24(27)31)13-16-7-5-4-6-8-16)18(29)14-26(2)12-17-9-10-19-20(11-17)33-15-32-19/h4-11H,3,12-15,25H2,1-2H3. The molecule has 0 saturated heterocycles. The van der Waals surface area contributed by atoms with E-state index in [4.69, 9.17) is 15.2 Å². The van der Waals surface area contributed by atoms with E-state index in [2.05, 4.69) is 0 Å². The van der Waals surface area contributed by atoms with Gasteiger partial charge in [0.15, 0.2) is 17.3 Å². The second kappa shape index (κ2) is 9.33. The zero-order valence-electron chi connectivity index (χ0n) is 18.6. The summed E-state index contributed by atoms with van der Waals surface area (Å²) in [5.74, 6) is 0.797. The SMILES string of the molecule is CCn1c(=O)c(C(=O)CN(C)Cc2ccc3c(c2)OCO3)c(N)n(Cc2ccccc2)c1=O. The van der Waals surface area contributed by atoms with Crippen LogP contribution in [0.5, 0.6) is 11.5 Å². The molecule has 9 heteroatoms. The number of ether oxygens (including phenoxy) is 2. The zero-order chi connectivity index (χ0) is 23.5. The molecule has 0 aliphatic carbocycles. The monoisotopic (exact) mass is 450 g/mol. The molecule has 1 aliphatic heterocycles. The molecule has 9 nitrogen and oxygen atoms in total. The highest BCUT2D eigenvalue weighted by atomic mass is 16.7. The van der Waals surface area contributed by atoms with E-state index in [0.717, 1.165) is 15.7 Å². The molecular formula is C24H26N4O5. The van der Waals surface area contributed by atoms with Gasteiger partial charge in [0.25, 0.3) is 5.56 Å². The van der Waals surface area contributed by atoms with Crippen LogP contribution in [0, 0.1) is 0 Å². The normalized spacial score (nSPS) is 12.3. The smallest absolute Gasteiger partial charge is 0.332 e. The third kappa shape index (κ3) is 4.54. The number of anilines is 1. The van der Waals surface area contributed by atoms with E-state index in [0.29, 0.717) is 18.0 Å². The number of Topliss-reactive ketones (excluding diaryl/α,β-unsaturated/α-hetero) is 1. The quantitative estimate of drug-likeness (QED) is 0.521. The molecule has 172 valence electrons. The number of rotatable bonds is 8. The average molecular weight is 450 g/mol. The molecule has 0 spiro atoms. The summed E-state index contributed by atoms with van der Waals surface area (Å²) in [5.41, 5.74) is 6.64. The van der Waals surface area contributed by atoms with Gasteiger partial charge in [-0.2, -0.15) is 0 Å². The Bertz CT molecular complexity index is 1300. The molecule has 2 N–H and O–H groups in total. The van der Waals surface area contributed by atoms with Gasteiger partial charge in [-0.1, -0.05) is 36.4 Å². The van der Waals surface area contributed by atoms with Crippen molar-refractivity contribution < 1.29 is 14.3 Å². The van der Waals surface area contributed by atoms with Crippen LogP contribution in [0.2, 0.25) is 0 Å². The number of ketones is 1. The van der Waals surface area contributed by atoms with Crippen LogP contribution in [0.4, 0.5) is 5.82 Å². The van der Waals surface area contributed by atoms with Crippen molar-refractivity contribution in [1.29, 1.82) is 0 Å². The predicted molar refractivity (Wildman–Crippen MR) is 124 cm³/mol. The summed E-state index contributed by atoms with van der Waals surface area (Å²) in [5, 5.41) is 0. The third-order valence-corrected chi connectivity index (χ3v) is 5.55. The van der Waals surface area contributed by atoms with Crippen LogP contribution in [-0.4, -0.2) is 40.2 Å². The molecule has 0 atom stereocenters. The van der Waals surface area contributed by atoms with Crippen molar-refractivity contribution in [2.75, 3.05) is 26.1 Å². The van der Waals surface area contributed by atoms with Gasteiger partial charge in [-0.3, -0.25) is 23.6 Å². The number of fused-ring (bicyclic) bond motifs is 1. The molecular weight excluding hydrogens is 424 g/mol. The van der Waals surface area contributed by atoms with Gasteiger partial charge in [0, 0.05) is 13.1 Å². The topological polar surface area (TPSA) is 109 Å². The lowest BCUT2D eigenvalue weighted by atomic mass is 10.1. The lowest BCUT2D eigenvalue weighted by Crippen LogP contribution is -2.45. The predicted octanol–water partition coefficient (Wildman–Crippen LogP) is 1.70. The first-order valence-corrected chi connectivity index (χ1v) is 10.7. The molecule has 2 aromatic carbocycles. The first kappa shape index (κ1) is 22.3. The van der Waals surface area contributed by atoms with Crippen molar-refractivity contribution in [2.45, 2.75) is 26.6 Å². The van der Waals surface area contributed by atoms with Gasteiger partial charge >= 0.3 is 5.69 Å². The lowest BCUT2D eigenvalue weighted by Gasteiger charge is -2.19. The van der Waals surface area contributed by atoms with Crippen molar-refractivity contribution in [3.63, 3.8) is 0 Å². The fourth-order valence-electron chi connectivity index (χ4n) is 3.91. The van der Waals surface area contributed by atoms with E-state index in [1.54, 1.807) is 18.9 Å². The van der Waals surface area contributed by atoms with E-state index in [9.17, 15) is 14.4 Å². The number of hydrogen-bond acceptors (Lipinski definition) is 7. The number of carbonyl (C=O) groups is 1. The maximum Gasteiger partial charge on any atom is 0.332 e. The van der Waals surface area contributed by atoms with Crippen molar-refractivity contribution in [2.24, 2.45) is 0 Å². The van der Waals surface area contributed by atoms with Crippen LogP contribution < -0.4 is 26.5 Å². The maximum absolute atomic E-state index is 13.2. The summed E-state index contributed by atoms with van der Waals surface area (Å²) in [6, 6.07) is 14.9. The Morgan fingerprint density at radius 1 is 1.03 bits per heavy atom. The summed E-state index contributed by atoms with van der Waals surface area (Å²) >= 11 is 0. The average Bonchev–Trinajstić information content (AvgIpc) is 3.25. The van der Waals surface area contributed by atoms with Gasteiger partial charge in [0.2, 0.25) is 6.79 Å². The van der Waals surface area contributed by atoms with Gasteiger partial charge in [0.1, 0.15) is 11.4 Å². The molecule has 0 amide bonds. The van der Waals surface area contributed by atoms with Crippen LogP contribution in [0.3, 0.4) is 0 Å². The minimum absolute atomic E-state index is 0.0405. The minimum Gasteiger partial charge on any atom is -0.454 e. The summed E-state index contributed by atoms with van der Waals surface area (Å²) in [4.78, 5) is 40.8. The van der Waals surface area contributed by atoms with Crippen LogP contribution in [-0.2, 0) is 19.6 Å². The highest BCUT2D eigenvalue weighted by Gasteiger charge is 2.23. The summed E-state index contributed by atoms with van der Waals surface area (Å²) in [7, 11) is 1.77. The number of likely N-dealkylation sites (N-methyl/N-ethyl adjacent to an activating group) is 1. The van der Waals surface area contributed by atoms with Crippen LogP contribution in [0.25, 0.3) is 0 Å². The number of nitrogens with two attached hydrogens (primary N) is 1. The second-order valence-electron chi connectivity index (χ2n) is 7.95. The van der Waals surface area contributed by atoms with Gasteiger partial charge in [0.05, 0.1) is 13.1 Å². The van der Waals surface area contributed by atoms with E-state index in [-0.39, 0.29) is 37.8 Å². The van der Waals surface area contributed by atoms with Crippen LogP contribution >= 0.6 is 0 Å². The summed E-state index contributed by atoms with van der Waals surface area (Å²) in [6.45, 7) is 2.59. The highest BCUT2D eigenvalue weighted by molar-refractivity contribution is 6.01. The fraction of sp³-hybridized carbons (Fsp3) is 0.292. The largest absolute Gasteiger partial charge is 0.454 e. The van der Waals surface area contributed by atoms with E-state index in [1.807, 2.05) is 48.5 Å². The number of aromatic nitrogens is 2. The number of carbonyl (C=O) groups excluding carboxylic acids is 1. The Labute approximate surface area is 190 Å². The summed E-state index contributed by atoms with van der Waals surface area (Å²) in [6.07, 6.45) is 0. The third-order valence-electron chi connectivity index (χ3n) is 5.55. The van der Waals surface area contributed by atoms with E-state index in [1.165, 1.54) is 4.57 Å². The summed E-state index contributed by atoms with van der Waals surface area (Å²) < 4.78 is 13.1. The number of nitrogen functional groups attached to an aromatic ring is 1. The Hall–Kier alpha value is -3.85. The van der Waals surface area contributed by atoms with Gasteiger partial charge in [-0.25, -0.2) is 4.79 Å². The van der Waals surface area contributed by atoms with E-state index >= 15 is 0 Å². The molecule has 3 aromatic rings. The maximum atomic E-state index is 13.2. The Balaban J connectivity index is 1.60. The lowest BCUT2D eigenvalue weighted by molar-refractivity contribution is 0.0941.